The summed E-state index contributed by atoms with van der Waals surface area (Å²) in [5, 5.41) is 3.19. The first-order valence-electron chi connectivity index (χ1n) is 3.32. The van der Waals surface area contributed by atoms with Crippen LogP contribution in [0.3, 0.4) is 0 Å². The molecule has 1 aliphatic heterocycles. The highest BCUT2D eigenvalue weighted by Gasteiger charge is 1.99. The van der Waals surface area contributed by atoms with Gasteiger partial charge in [-0.25, -0.2) is 0 Å². The predicted molar refractivity (Wildman–Crippen MR) is 39.7 cm³/mol. The Morgan fingerprint density at radius 2 is 2.67 bits per heavy atom. The normalized spacial score (nSPS) is 18.1. The quantitative estimate of drug-likeness (QED) is 0.545. The Bertz CT molecular complexity index is 136. The van der Waals surface area contributed by atoms with E-state index in [2.05, 4.69) is 16.4 Å². The molecular weight excluding hydrogens is 112 g/mol. The zero-order valence-electron chi connectivity index (χ0n) is 5.72. The number of nitrogens with zero attached hydrogens (tertiary/aromatic N) is 1. The molecule has 1 N–H and O–H groups in total. The number of amidine groups is 1. The lowest BCUT2D eigenvalue weighted by molar-refractivity contribution is 0.955. The van der Waals surface area contributed by atoms with Gasteiger partial charge in [-0.05, 0) is 6.92 Å². The highest BCUT2D eigenvalue weighted by atomic mass is 15.1. The van der Waals surface area contributed by atoms with Crippen molar-refractivity contribution in [3.8, 4) is 0 Å². The number of aliphatic imine (C=N–C) groups is 1. The summed E-state index contributed by atoms with van der Waals surface area (Å²) in [5.41, 5.74) is 0. The molecule has 0 unspecified atom stereocenters. The van der Waals surface area contributed by atoms with Crippen LogP contribution in [0.2, 0.25) is 0 Å². The average Bonchev–Trinajstić information content (AvgIpc) is 2.34. The third-order valence-corrected chi connectivity index (χ3v) is 1.29. The molecule has 9 heavy (non-hydrogen) atoms. The van der Waals surface area contributed by atoms with E-state index in [0.717, 1.165) is 25.3 Å². The molecule has 1 aliphatic rings. The maximum Gasteiger partial charge on any atom is 0.100 e. The van der Waals surface area contributed by atoms with Crippen LogP contribution >= 0.6 is 0 Å². The molecular formula is C7H12N2. The summed E-state index contributed by atoms with van der Waals surface area (Å²) in [7, 11) is 0. The third-order valence-electron chi connectivity index (χ3n) is 1.29. The fourth-order valence-electron chi connectivity index (χ4n) is 0.813. The lowest BCUT2D eigenvalue weighted by Gasteiger charge is -1.93. The Balaban J connectivity index is 2.26. The Hall–Kier alpha value is -0.790. The lowest BCUT2D eigenvalue weighted by atomic mass is 10.3. The summed E-state index contributed by atoms with van der Waals surface area (Å²) in [6, 6.07) is 0. The molecule has 0 aromatic heterocycles. The number of hydrogen-bond acceptors (Lipinski definition) is 2. The Morgan fingerprint density at radius 1 is 1.78 bits per heavy atom. The van der Waals surface area contributed by atoms with Crippen LogP contribution in [0.15, 0.2) is 17.1 Å². The minimum Gasteiger partial charge on any atom is -0.372 e. The van der Waals surface area contributed by atoms with Gasteiger partial charge in [0.1, 0.15) is 5.84 Å². The Morgan fingerprint density at radius 3 is 3.22 bits per heavy atom. The summed E-state index contributed by atoms with van der Waals surface area (Å²) in [4.78, 5) is 4.23. The van der Waals surface area contributed by atoms with Gasteiger partial charge in [-0.2, -0.15) is 0 Å². The number of hydrogen-bond donors (Lipinski definition) is 1. The van der Waals surface area contributed by atoms with Crippen molar-refractivity contribution in [2.45, 2.75) is 13.3 Å². The second-order valence-corrected chi connectivity index (χ2v) is 2.03. The van der Waals surface area contributed by atoms with Gasteiger partial charge in [0.25, 0.3) is 0 Å². The molecule has 0 radical (unpaired) electrons. The van der Waals surface area contributed by atoms with Gasteiger partial charge in [-0.1, -0.05) is 12.2 Å². The second-order valence-electron chi connectivity index (χ2n) is 2.03. The van der Waals surface area contributed by atoms with Crippen molar-refractivity contribution in [1.82, 2.24) is 5.32 Å². The van der Waals surface area contributed by atoms with E-state index < -0.39 is 0 Å². The topological polar surface area (TPSA) is 24.4 Å². The van der Waals surface area contributed by atoms with Crippen LogP contribution in [0.4, 0.5) is 0 Å². The molecule has 0 fully saturated rings. The van der Waals surface area contributed by atoms with E-state index >= 15 is 0 Å². The third kappa shape index (κ3) is 1.88. The first-order valence-corrected chi connectivity index (χ1v) is 3.32. The monoisotopic (exact) mass is 124 g/mol. The first kappa shape index (κ1) is 6.33. The minimum absolute atomic E-state index is 0.951. The maximum atomic E-state index is 4.23. The largest absolute Gasteiger partial charge is 0.372 e. The fourth-order valence-corrected chi connectivity index (χ4v) is 0.813. The molecule has 2 heteroatoms. The van der Waals surface area contributed by atoms with Crippen LogP contribution < -0.4 is 5.32 Å². The van der Waals surface area contributed by atoms with E-state index in [4.69, 9.17) is 0 Å². The average molecular weight is 124 g/mol. The van der Waals surface area contributed by atoms with E-state index in [0.29, 0.717) is 0 Å². The molecule has 0 amide bonds. The predicted octanol–water partition coefficient (Wildman–Crippen LogP) is 0.954. The van der Waals surface area contributed by atoms with Gasteiger partial charge in [0.05, 0.1) is 6.54 Å². The standard InChI is InChI=1S/C7H12N2/c1-2-3-4-7-8-5-6-9-7/h2-3H,4-6H2,1H3,(H,8,9)/b3-2+. The molecule has 1 rings (SSSR count). The molecule has 0 aliphatic carbocycles. The molecule has 2 nitrogen and oxygen atoms in total. The van der Waals surface area contributed by atoms with Crippen LogP contribution in [0.25, 0.3) is 0 Å². The fraction of sp³-hybridized carbons (Fsp3) is 0.571. The molecule has 0 spiro atoms. The summed E-state index contributed by atoms with van der Waals surface area (Å²) in [5.74, 6) is 1.13. The lowest BCUT2D eigenvalue weighted by Crippen LogP contribution is -2.17. The van der Waals surface area contributed by atoms with Gasteiger partial charge in [0, 0.05) is 13.0 Å². The van der Waals surface area contributed by atoms with Crippen molar-refractivity contribution in [1.29, 1.82) is 0 Å². The molecule has 0 saturated carbocycles. The van der Waals surface area contributed by atoms with Crippen LogP contribution in [-0.2, 0) is 0 Å². The van der Waals surface area contributed by atoms with Crippen molar-refractivity contribution in [2.75, 3.05) is 13.1 Å². The highest BCUT2D eigenvalue weighted by molar-refractivity contribution is 5.84. The van der Waals surface area contributed by atoms with E-state index in [9.17, 15) is 0 Å². The van der Waals surface area contributed by atoms with Crippen molar-refractivity contribution >= 4 is 5.84 Å². The molecule has 0 atom stereocenters. The summed E-state index contributed by atoms with van der Waals surface area (Å²) < 4.78 is 0. The van der Waals surface area contributed by atoms with Gasteiger partial charge in [0.2, 0.25) is 0 Å². The van der Waals surface area contributed by atoms with E-state index in [1.165, 1.54) is 0 Å². The van der Waals surface area contributed by atoms with Gasteiger partial charge in [-0.3, -0.25) is 4.99 Å². The van der Waals surface area contributed by atoms with Crippen molar-refractivity contribution in [3.05, 3.63) is 12.2 Å². The van der Waals surface area contributed by atoms with Gasteiger partial charge >= 0.3 is 0 Å². The van der Waals surface area contributed by atoms with E-state index in [1.54, 1.807) is 0 Å². The smallest absolute Gasteiger partial charge is 0.100 e. The number of allylic oxidation sites excluding steroid dienone is 1. The SMILES string of the molecule is C/C=C/CC1=NCCN1. The summed E-state index contributed by atoms with van der Waals surface area (Å²) >= 11 is 0. The highest BCUT2D eigenvalue weighted by Crippen LogP contribution is 1.91. The molecule has 0 aromatic rings. The Labute approximate surface area is 55.7 Å². The van der Waals surface area contributed by atoms with Crippen LogP contribution in [0.5, 0.6) is 0 Å². The van der Waals surface area contributed by atoms with Crippen LogP contribution in [-0.4, -0.2) is 18.9 Å². The van der Waals surface area contributed by atoms with Gasteiger partial charge in [-0.15, -0.1) is 0 Å². The van der Waals surface area contributed by atoms with Crippen molar-refractivity contribution in [3.63, 3.8) is 0 Å². The zero-order chi connectivity index (χ0) is 6.53. The van der Waals surface area contributed by atoms with Crippen molar-refractivity contribution < 1.29 is 0 Å². The molecule has 1 heterocycles. The second kappa shape index (κ2) is 3.28. The molecule has 0 aromatic carbocycles. The first-order chi connectivity index (χ1) is 4.43. The van der Waals surface area contributed by atoms with Gasteiger partial charge < -0.3 is 5.32 Å². The summed E-state index contributed by atoms with van der Waals surface area (Å²) in [6.07, 6.45) is 5.12. The van der Waals surface area contributed by atoms with E-state index in [-0.39, 0.29) is 0 Å². The van der Waals surface area contributed by atoms with E-state index in [1.807, 2.05) is 13.0 Å². The zero-order valence-corrected chi connectivity index (χ0v) is 5.72. The summed E-state index contributed by atoms with van der Waals surface area (Å²) in [6.45, 7) is 4.00. The molecule has 0 saturated heterocycles. The minimum atomic E-state index is 0.951. The van der Waals surface area contributed by atoms with Gasteiger partial charge in [0.15, 0.2) is 0 Å². The van der Waals surface area contributed by atoms with Crippen LogP contribution in [0, 0.1) is 0 Å². The molecule has 50 valence electrons. The van der Waals surface area contributed by atoms with Crippen molar-refractivity contribution in [2.24, 2.45) is 4.99 Å². The molecule has 0 bridgehead atoms. The van der Waals surface area contributed by atoms with Crippen LogP contribution in [0.1, 0.15) is 13.3 Å². The number of nitrogens with one attached hydrogen (secondary N) is 1. The number of rotatable bonds is 2. The maximum absolute atomic E-state index is 4.23. The Kier molecular flexibility index (Phi) is 2.31.